The van der Waals surface area contributed by atoms with Crippen molar-refractivity contribution in [3.63, 3.8) is 0 Å². The Morgan fingerprint density at radius 3 is 2.38 bits per heavy atom. The average Bonchev–Trinajstić information content (AvgIpc) is 2.61. The van der Waals surface area contributed by atoms with E-state index in [9.17, 15) is 8.78 Å². The molecule has 1 aromatic carbocycles. The molecule has 0 bridgehead atoms. The standard InChI is InChI=1S/C16H21BrF2N2/c17-12-9-13(18)15(14(19)10-12)21-8-4-7-20-16(11-21)5-2-1-3-6-16/h9-10,20H,1-8,11H2. The molecular weight excluding hydrogens is 338 g/mol. The van der Waals surface area contributed by atoms with Crippen LogP contribution in [0.1, 0.15) is 38.5 Å². The number of anilines is 1. The highest BCUT2D eigenvalue weighted by atomic mass is 79.9. The molecule has 2 aliphatic rings. The van der Waals surface area contributed by atoms with Crippen molar-refractivity contribution in [1.29, 1.82) is 0 Å². The quantitative estimate of drug-likeness (QED) is 0.807. The van der Waals surface area contributed by atoms with Crippen molar-refractivity contribution in [2.75, 3.05) is 24.5 Å². The second-order valence-corrected chi connectivity index (χ2v) is 7.18. The van der Waals surface area contributed by atoms with E-state index in [-0.39, 0.29) is 11.2 Å². The zero-order valence-electron chi connectivity index (χ0n) is 12.1. The molecule has 1 N–H and O–H groups in total. The van der Waals surface area contributed by atoms with Crippen LogP contribution in [0.15, 0.2) is 16.6 Å². The molecule has 0 aromatic heterocycles. The summed E-state index contributed by atoms with van der Waals surface area (Å²) in [6, 6.07) is 2.70. The van der Waals surface area contributed by atoms with Crippen molar-refractivity contribution in [1.82, 2.24) is 5.32 Å². The number of rotatable bonds is 1. The van der Waals surface area contributed by atoms with Crippen molar-refractivity contribution < 1.29 is 8.78 Å². The summed E-state index contributed by atoms with van der Waals surface area (Å²) in [5.41, 5.74) is 0.160. The van der Waals surface area contributed by atoms with Gasteiger partial charge in [0.1, 0.15) is 5.69 Å². The molecule has 0 radical (unpaired) electrons. The maximum Gasteiger partial charge on any atom is 0.150 e. The summed E-state index contributed by atoms with van der Waals surface area (Å²) in [7, 11) is 0. The first kappa shape index (κ1) is 15.2. The van der Waals surface area contributed by atoms with E-state index in [2.05, 4.69) is 21.2 Å². The third kappa shape index (κ3) is 3.24. The van der Waals surface area contributed by atoms with Crippen LogP contribution >= 0.6 is 15.9 Å². The third-order valence-electron chi connectivity index (χ3n) is 4.71. The predicted octanol–water partition coefficient (Wildman–Crippen LogP) is 4.23. The highest BCUT2D eigenvalue weighted by molar-refractivity contribution is 9.10. The Morgan fingerprint density at radius 2 is 1.71 bits per heavy atom. The Bertz CT molecular complexity index is 492. The van der Waals surface area contributed by atoms with Crippen LogP contribution in [0.3, 0.4) is 0 Å². The van der Waals surface area contributed by atoms with E-state index in [4.69, 9.17) is 0 Å². The molecule has 3 rings (SSSR count). The van der Waals surface area contributed by atoms with Crippen LogP contribution in [0.25, 0.3) is 0 Å². The smallest absolute Gasteiger partial charge is 0.150 e. The van der Waals surface area contributed by atoms with Gasteiger partial charge in [0, 0.05) is 23.1 Å². The van der Waals surface area contributed by atoms with Crippen molar-refractivity contribution in [3.05, 3.63) is 28.2 Å². The number of benzene rings is 1. The van der Waals surface area contributed by atoms with Gasteiger partial charge in [-0.3, -0.25) is 0 Å². The summed E-state index contributed by atoms with van der Waals surface area (Å²) in [4.78, 5) is 1.91. The minimum atomic E-state index is -0.477. The van der Waals surface area contributed by atoms with Crippen LogP contribution in [-0.2, 0) is 0 Å². The lowest BCUT2D eigenvalue weighted by Crippen LogP contribution is -2.53. The molecule has 1 aliphatic carbocycles. The molecule has 1 aromatic rings. The molecule has 116 valence electrons. The predicted molar refractivity (Wildman–Crippen MR) is 84.7 cm³/mol. The van der Waals surface area contributed by atoms with Gasteiger partial charge in [0.15, 0.2) is 11.6 Å². The number of hydrogen-bond donors (Lipinski definition) is 1. The zero-order chi connectivity index (χ0) is 14.9. The zero-order valence-corrected chi connectivity index (χ0v) is 13.7. The van der Waals surface area contributed by atoms with E-state index in [0.29, 0.717) is 17.6 Å². The highest BCUT2D eigenvalue weighted by Gasteiger charge is 2.36. The Hall–Kier alpha value is -0.680. The Morgan fingerprint density at radius 1 is 1.05 bits per heavy atom. The van der Waals surface area contributed by atoms with Crippen LogP contribution < -0.4 is 10.2 Å². The van der Waals surface area contributed by atoms with Crippen LogP contribution in [-0.4, -0.2) is 25.2 Å². The van der Waals surface area contributed by atoms with Gasteiger partial charge in [-0.1, -0.05) is 35.2 Å². The Balaban J connectivity index is 1.90. The molecule has 0 unspecified atom stereocenters. The van der Waals surface area contributed by atoms with E-state index in [1.54, 1.807) is 0 Å². The second kappa shape index (κ2) is 6.21. The lowest BCUT2D eigenvalue weighted by atomic mass is 9.81. The lowest BCUT2D eigenvalue weighted by molar-refractivity contribution is 0.246. The fourth-order valence-corrected chi connectivity index (χ4v) is 4.12. The van der Waals surface area contributed by atoms with E-state index in [1.165, 1.54) is 31.4 Å². The van der Waals surface area contributed by atoms with Gasteiger partial charge < -0.3 is 10.2 Å². The number of nitrogens with zero attached hydrogens (tertiary/aromatic N) is 1. The maximum absolute atomic E-state index is 14.3. The lowest BCUT2D eigenvalue weighted by Gasteiger charge is -2.40. The van der Waals surface area contributed by atoms with Crippen molar-refractivity contribution in [2.45, 2.75) is 44.1 Å². The second-order valence-electron chi connectivity index (χ2n) is 6.26. The van der Waals surface area contributed by atoms with Crippen LogP contribution in [0.5, 0.6) is 0 Å². The maximum atomic E-state index is 14.3. The Labute approximate surface area is 133 Å². The molecule has 2 nitrogen and oxygen atoms in total. The van der Waals surface area contributed by atoms with Crippen molar-refractivity contribution in [3.8, 4) is 0 Å². The Kier molecular flexibility index (Phi) is 4.50. The van der Waals surface area contributed by atoms with Crippen molar-refractivity contribution >= 4 is 21.6 Å². The minimum absolute atomic E-state index is 0.0285. The SMILES string of the molecule is Fc1cc(Br)cc(F)c1N1CCCNC2(CCCCC2)C1. The monoisotopic (exact) mass is 358 g/mol. The van der Waals surface area contributed by atoms with E-state index >= 15 is 0 Å². The third-order valence-corrected chi connectivity index (χ3v) is 5.16. The minimum Gasteiger partial charge on any atom is -0.365 e. The number of nitrogens with one attached hydrogen (secondary N) is 1. The normalized spacial score (nSPS) is 22.3. The molecule has 0 amide bonds. The summed E-state index contributed by atoms with van der Waals surface area (Å²) in [5, 5.41) is 3.65. The fraction of sp³-hybridized carbons (Fsp3) is 0.625. The van der Waals surface area contributed by atoms with Gasteiger partial charge >= 0.3 is 0 Å². The van der Waals surface area contributed by atoms with E-state index < -0.39 is 11.6 Å². The molecule has 1 saturated heterocycles. The molecule has 5 heteroatoms. The first-order valence-electron chi connectivity index (χ1n) is 7.74. The molecule has 21 heavy (non-hydrogen) atoms. The highest BCUT2D eigenvalue weighted by Crippen LogP contribution is 2.34. The van der Waals surface area contributed by atoms with Gasteiger partial charge in [-0.15, -0.1) is 0 Å². The fourth-order valence-electron chi connectivity index (χ4n) is 3.71. The molecular formula is C16H21BrF2N2. The van der Waals surface area contributed by atoms with Gasteiger partial charge in [0.2, 0.25) is 0 Å². The molecule has 1 spiro atoms. The molecule has 2 fully saturated rings. The summed E-state index contributed by atoms with van der Waals surface area (Å²) >= 11 is 3.15. The van der Waals surface area contributed by atoms with Gasteiger partial charge in [-0.25, -0.2) is 8.78 Å². The van der Waals surface area contributed by atoms with Crippen LogP contribution in [0.2, 0.25) is 0 Å². The topological polar surface area (TPSA) is 15.3 Å². The van der Waals surface area contributed by atoms with Crippen LogP contribution in [0, 0.1) is 11.6 Å². The molecule has 1 aliphatic heterocycles. The number of halogens is 3. The van der Waals surface area contributed by atoms with E-state index in [1.807, 2.05) is 4.90 Å². The summed E-state index contributed by atoms with van der Waals surface area (Å²) in [6.45, 7) is 2.32. The first-order valence-corrected chi connectivity index (χ1v) is 8.53. The first-order chi connectivity index (χ1) is 10.1. The van der Waals surface area contributed by atoms with Crippen LogP contribution in [0.4, 0.5) is 14.5 Å². The van der Waals surface area contributed by atoms with Gasteiger partial charge in [0.05, 0.1) is 0 Å². The van der Waals surface area contributed by atoms with E-state index in [0.717, 1.165) is 25.8 Å². The van der Waals surface area contributed by atoms with Gasteiger partial charge in [-0.05, 0) is 37.9 Å². The largest absolute Gasteiger partial charge is 0.365 e. The molecule has 0 atom stereocenters. The number of hydrogen-bond acceptors (Lipinski definition) is 2. The van der Waals surface area contributed by atoms with Gasteiger partial charge in [0.25, 0.3) is 0 Å². The molecule has 1 heterocycles. The summed E-state index contributed by atoms with van der Waals surface area (Å²) in [6.07, 6.45) is 6.78. The average molecular weight is 359 g/mol. The summed E-state index contributed by atoms with van der Waals surface area (Å²) < 4.78 is 28.9. The van der Waals surface area contributed by atoms with Gasteiger partial charge in [-0.2, -0.15) is 0 Å². The van der Waals surface area contributed by atoms with Crippen molar-refractivity contribution in [2.24, 2.45) is 0 Å². The summed E-state index contributed by atoms with van der Waals surface area (Å²) in [5.74, 6) is -0.954. The molecule has 1 saturated carbocycles.